The standard InChI is InChI=1S/C26H24N4O3/c27-16-18-4-6-23-22(13-18)19(17-28-23)3-1-2-8-29-9-11-30(12-10-29)21-5-7-24-20(14-21)15-25(33-24)26(31)32/h1,3-7,13-15,17,28H,2,8-12H2,(H,31,32)/b3-1+. The molecule has 0 bridgehead atoms. The summed E-state index contributed by atoms with van der Waals surface area (Å²) in [7, 11) is 0. The molecule has 0 radical (unpaired) electrons. The summed E-state index contributed by atoms with van der Waals surface area (Å²) in [6.07, 6.45) is 7.27. The van der Waals surface area contributed by atoms with Gasteiger partial charge in [-0.3, -0.25) is 4.90 Å². The van der Waals surface area contributed by atoms with Gasteiger partial charge in [-0.05, 0) is 54.4 Å². The van der Waals surface area contributed by atoms with E-state index in [0.29, 0.717) is 11.1 Å². The zero-order chi connectivity index (χ0) is 22.8. The van der Waals surface area contributed by atoms with Gasteiger partial charge in [0.25, 0.3) is 0 Å². The summed E-state index contributed by atoms with van der Waals surface area (Å²) >= 11 is 0. The van der Waals surface area contributed by atoms with Crippen LogP contribution >= 0.6 is 0 Å². The Balaban J connectivity index is 1.15. The van der Waals surface area contributed by atoms with Crippen molar-refractivity contribution in [2.45, 2.75) is 6.42 Å². The minimum atomic E-state index is -1.05. The molecule has 2 aromatic heterocycles. The van der Waals surface area contributed by atoms with Crippen molar-refractivity contribution >= 4 is 39.6 Å². The number of hydrogen-bond donors (Lipinski definition) is 2. The summed E-state index contributed by atoms with van der Waals surface area (Å²) in [5.74, 6) is -1.08. The summed E-state index contributed by atoms with van der Waals surface area (Å²) in [6.45, 7) is 4.82. The number of aromatic amines is 1. The molecule has 7 nitrogen and oxygen atoms in total. The van der Waals surface area contributed by atoms with Crippen LogP contribution in [0.15, 0.2) is 59.2 Å². The largest absolute Gasteiger partial charge is 0.475 e. The van der Waals surface area contributed by atoms with Gasteiger partial charge in [-0.2, -0.15) is 5.26 Å². The van der Waals surface area contributed by atoms with Crippen LogP contribution in [0.5, 0.6) is 0 Å². The molecule has 33 heavy (non-hydrogen) atoms. The number of carboxylic acid groups (broad SMARTS) is 1. The van der Waals surface area contributed by atoms with Gasteiger partial charge in [-0.25, -0.2) is 4.79 Å². The Morgan fingerprint density at radius 1 is 1.15 bits per heavy atom. The molecule has 5 rings (SSSR count). The quantitative estimate of drug-likeness (QED) is 0.451. The van der Waals surface area contributed by atoms with E-state index in [2.05, 4.69) is 33.0 Å². The summed E-state index contributed by atoms with van der Waals surface area (Å²) in [4.78, 5) is 19.2. The zero-order valence-corrected chi connectivity index (χ0v) is 18.1. The molecule has 0 atom stereocenters. The van der Waals surface area contributed by atoms with Crippen molar-refractivity contribution in [1.82, 2.24) is 9.88 Å². The van der Waals surface area contributed by atoms with Gasteiger partial charge in [-0.1, -0.05) is 12.2 Å². The smallest absolute Gasteiger partial charge is 0.371 e. The number of carboxylic acids is 1. The topological polar surface area (TPSA) is 96.5 Å². The van der Waals surface area contributed by atoms with E-state index in [9.17, 15) is 4.79 Å². The van der Waals surface area contributed by atoms with Gasteiger partial charge in [0.15, 0.2) is 0 Å². The van der Waals surface area contributed by atoms with Crippen LogP contribution in [0.4, 0.5) is 5.69 Å². The third-order valence-corrected chi connectivity index (χ3v) is 6.20. The lowest BCUT2D eigenvalue weighted by atomic mass is 10.1. The highest BCUT2D eigenvalue weighted by atomic mass is 16.4. The maximum absolute atomic E-state index is 11.1. The number of fused-ring (bicyclic) bond motifs is 2. The lowest BCUT2D eigenvalue weighted by Crippen LogP contribution is -2.46. The van der Waals surface area contributed by atoms with E-state index < -0.39 is 5.97 Å². The first-order valence-corrected chi connectivity index (χ1v) is 11.0. The number of hydrogen-bond acceptors (Lipinski definition) is 5. The molecule has 2 N–H and O–H groups in total. The van der Waals surface area contributed by atoms with Crippen LogP contribution in [-0.2, 0) is 0 Å². The van der Waals surface area contributed by atoms with E-state index in [0.717, 1.165) is 66.7 Å². The number of piperazine rings is 1. The summed E-state index contributed by atoms with van der Waals surface area (Å²) < 4.78 is 5.36. The third kappa shape index (κ3) is 4.34. The van der Waals surface area contributed by atoms with Crippen molar-refractivity contribution in [2.24, 2.45) is 0 Å². The molecule has 0 amide bonds. The van der Waals surface area contributed by atoms with Gasteiger partial charge >= 0.3 is 5.97 Å². The number of furan rings is 1. The molecule has 1 fully saturated rings. The summed E-state index contributed by atoms with van der Waals surface area (Å²) in [5.41, 5.74) is 4.51. The molecule has 0 aliphatic carbocycles. The fourth-order valence-corrected chi connectivity index (χ4v) is 4.38. The maximum Gasteiger partial charge on any atom is 0.371 e. The number of anilines is 1. The van der Waals surface area contributed by atoms with E-state index in [1.54, 1.807) is 6.07 Å². The van der Waals surface area contributed by atoms with Crippen LogP contribution in [0, 0.1) is 11.3 Å². The van der Waals surface area contributed by atoms with Gasteiger partial charge in [0.2, 0.25) is 5.76 Å². The number of rotatable bonds is 6. The summed E-state index contributed by atoms with van der Waals surface area (Å²) in [5, 5.41) is 20.1. The SMILES string of the molecule is N#Cc1ccc2[nH]cc(/C=C/CCN3CCN(c4ccc5oc(C(=O)O)cc5c4)CC3)c2c1. The van der Waals surface area contributed by atoms with Crippen molar-refractivity contribution in [3.05, 3.63) is 71.6 Å². The fraction of sp³-hybridized carbons (Fsp3) is 0.231. The van der Waals surface area contributed by atoms with Crippen LogP contribution < -0.4 is 4.90 Å². The van der Waals surface area contributed by atoms with Gasteiger partial charge in [-0.15, -0.1) is 0 Å². The molecular formula is C26H24N4O3. The average Bonchev–Trinajstić information content (AvgIpc) is 3.45. The Labute approximate surface area is 191 Å². The highest BCUT2D eigenvalue weighted by molar-refractivity contribution is 5.92. The number of benzene rings is 2. The molecule has 1 aliphatic heterocycles. The third-order valence-electron chi connectivity index (χ3n) is 6.20. The number of aromatic carboxylic acids is 1. The molecule has 0 unspecified atom stereocenters. The Morgan fingerprint density at radius 2 is 2.00 bits per heavy atom. The van der Waals surface area contributed by atoms with Crippen LogP contribution in [0.1, 0.15) is 28.1 Å². The van der Waals surface area contributed by atoms with Crippen LogP contribution in [0.3, 0.4) is 0 Å². The monoisotopic (exact) mass is 440 g/mol. The number of nitrogens with one attached hydrogen (secondary N) is 1. The van der Waals surface area contributed by atoms with E-state index in [1.165, 1.54) is 0 Å². The Kier molecular flexibility index (Phi) is 5.59. The molecule has 3 heterocycles. The molecule has 2 aromatic carbocycles. The van der Waals surface area contributed by atoms with Gasteiger partial charge in [0, 0.05) is 60.9 Å². The van der Waals surface area contributed by atoms with Gasteiger partial charge < -0.3 is 19.4 Å². The number of nitriles is 1. The minimum Gasteiger partial charge on any atom is -0.475 e. The second kappa shape index (κ2) is 8.85. The molecule has 1 saturated heterocycles. The number of nitrogens with zero attached hydrogens (tertiary/aromatic N) is 3. The van der Waals surface area contributed by atoms with E-state index >= 15 is 0 Å². The van der Waals surface area contributed by atoms with Crippen molar-refractivity contribution in [1.29, 1.82) is 5.26 Å². The zero-order valence-electron chi connectivity index (χ0n) is 18.1. The van der Waals surface area contributed by atoms with Gasteiger partial charge in [0.05, 0.1) is 11.6 Å². The first-order valence-electron chi connectivity index (χ1n) is 11.0. The average molecular weight is 441 g/mol. The number of H-pyrrole nitrogens is 1. The second-order valence-electron chi connectivity index (χ2n) is 8.27. The fourth-order valence-electron chi connectivity index (χ4n) is 4.38. The molecule has 1 aliphatic rings. The Hall–Kier alpha value is -4.02. The first-order chi connectivity index (χ1) is 16.1. The maximum atomic E-state index is 11.1. The Bertz CT molecular complexity index is 1380. The number of carbonyl (C=O) groups is 1. The van der Waals surface area contributed by atoms with Crippen molar-refractivity contribution in [3.8, 4) is 6.07 Å². The predicted octanol–water partition coefficient (Wildman–Crippen LogP) is 4.71. The van der Waals surface area contributed by atoms with Crippen molar-refractivity contribution in [3.63, 3.8) is 0 Å². The highest BCUT2D eigenvalue weighted by Crippen LogP contribution is 2.26. The van der Waals surface area contributed by atoms with E-state index in [1.807, 2.05) is 42.6 Å². The van der Waals surface area contributed by atoms with Crippen LogP contribution in [0.2, 0.25) is 0 Å². The first kappa shape index (κ1) is 20.9. The molecule has 0 spiro atoms. The predicted molar refractivity (Wildman–Crippen MR) is 128 cm³/mol. The lowest BCUT2D eigenvalue weighted by molar-refractivity contribution is 0.0665. The van der Waals surface area contributed by atoms with E-state index in [-0.39, 0.29) is 5.76 Å². The van der Waals surface area contributed by atoms with E-state index in [4.69, 9.17) is 14.8 Å². The van der Waals surface area contributed by atoms with Crippen LogP contribution in [0.25, 0.3) is 27.9 Å². The molecule has 4 aromatic rings. The number of aromatic nitrogens is 1. The molecule has 7 heteroatoms. The normalized spacial score (nSPS) is 14.9. The lowest BCUT2D eigenvalue weighted by Gasteiger charge is -2.36. The second-order valence-corrected chi connectivity index (χ2v) is 8.27. The summed E-state index contributed by atoms with van der Waals surface area (Å²) in [6, 6.07) is 15.3. The molecular weight excluding hydrogens is 416 g/mol. The minimum absolute atomic E-state index is 0.0295. The molecule has 0 saturated carbocycles. The van der Waals surface area contributed by atoms with Gasteiger partial charge in [0.1, 0.15) is 5.58 Å². The highest BCUT2D eigenvalue weighted by Gasteiger charge is 2.18. The van der Waals surface area contributed by atoms with Crippen molar-refractivity contribution in [2.75, 3.05) is 37.6 Å². The molecule has 166 valence electrons. The van der Waals surface area contributed by atoms with Crippen LogP contribution in [-0.4, -0.2) is 53.7 Å². The Morgan fingerprint density at radius 3 is 2.79 bits per heavy atom. The van der Waals surface area contributed by atoms with Crippen molar-refractivity contribution < 1.29 is 14.3 Å².